The Bertz CT molecular complexity index is 1130. The van der Waals surface area contributed by atoms with E-state index < -0.39 is 0 Å². The van der Waals surface area contributed by atoms with Gasteiger partial charge in [-0.2, -0.15) is 15.6 Å². The maximum Gasteiger partial charge on any atom is 0.236 e. The summed E-state index contributed by atoms with van der Waals surface area (Å²) < 4.78 is 1.83. The summed E-state index contributed by atoms with van der Waals surface area (Å²) in [5.74, 6) is -0.105. The number of amides is 1. The van der Waals surface area contributed by atoms with Crippen LogP contribution < -0.4 is 0 Å². The van der Waals surface area contributed by atoms with Crippen molar-refractivity contribution in [2.75, 3.05) is 26.7 Å². The van der Waals surface area contributed by atoms with E-state index >= 15 is 0 Å². The molecule has 7 nitrogen and oxygen atoms in total. The minimum atomic E-state index is -0.105. The van der Waals surface area contributed by atoms with E-state index in [0.717, 1.165) is 22.5 Å². The van der Waals surface area contributed by atoms with E-state index in [-0.39, 0.29) is 25.3 Å². The number of nitriles is 2. The van der Waals surface area contributed by atoms with Crippen molar-refractivity contribution in [3.63, 3.8) is 0 Å². The van der Waals surface area contributed by atoms with Crippen molar-refractivity contribution in [1.82, 2.24) is 19.6 Å². The highest BCUT2D eigenvalue weighted by Gasteiger charge is 2.18. The van der Waals surface area contributed by atoms with Crippen LogP contribution in [-0.2, 0) is 11.3 Å². The molecule has 0 saturated carbocycles. The van der Waals surface area contributed by atoms with Crippen molar-refractivity contribution >= 4 is 17.5 Å². The summed E-state index contributed by atoms with van der Waals surface area (Å²) in [6.45, 7) is 1.33. The lowest BCUT2D eigenvalue weighted by Gasteiger charge is -2.24. The number of likely N-dealkylation sites (N-methyl/N-ethyl adjacent to an activating group) is 1. The predicted octanol–water partition coefficient (Wildman–Crippen LogP) is 4.28. The van der Waals surface area contributed by atoms with Gasteiger partial charge < -0.3 is 4.90 Å². The second-order valence-electron chi connectivity index (χ2n) is 7.66. The molecule has 0 spiro atoms. The molecular weight excluding hydrogens is 436 g/mol. The standard InChI is InChI=1S/C25H25ClN6O/c1-30(19-24(33)31(15-5-13-27)16-6-14-28)17-21-18-32(23-7-3-2-4-8-23)29-25(21)20-9-11-22(26)12-10-20/h2-4,7-12,18H,5-6,15-17,19H2,1H3. The molecule has 0 aliphatic heterocycles. The zero-order valence-corrected chi connectivity index (χ0v) is 19.2. The zero-order valence-electron chi connectivity index (χ0n) is 18.5. The van der Waals surface area contributed by atoms with Crippen LogP contribution in [0.5, 0.6) is 0 Å². The molecule has 0 radical (unpaired) electrons. The minimum Gasteiger partial charge on any atom is -0.340 e. The van der Waals surface area contributed by atoms with Crippen molar-refractivity contribution < 1.29 is 4.79 Å². The van der Waals surface area contributed by atoms with Crippen LogP contribution in [0.25, 0.3) is 16.9 Å². The number of aromatic nitrogens is 2. The van der Waals surface area contributed by atoms with Crippen molar-refractivity contribution in [3.8, 4) is 29.1 Å². The number of carbonyl (C=O) groups is 1. The number of benzene rings is 2. The second kappa shape index (κ2) is 11.8. The van der Waals surface area contributed by atoms with E-state index in [2.05, 4.69) is 12.1 Å². The summed E-state index contributed by atoms with van der Waals surface area (Å²) >= 11 is 6.07. The third-order valence-electron chi connectivity index (χ3n) is 5.11. The Balaban J connectivity index is 1.81. The van der Waals surface area contributed by atoms with Gasteiger partial charge in [0.1, 0.15) is 0 Å². The number of rotatable bonds is 10. The van der Waals surface area contributed by atoms with Gasteiger partial charge in [0.05, 0.1) is 42.9 Å². The lowest BCUT2D eigenvalue weighted by molar-refractivity contribution is -0.132. The topological polar surface area (TPSA) is 89.0 Å². The van der Waals surface area contributed by atoms with Gasteiger partial charge in [-0.1, -0.05) is 41.9 Å². The SMILES string of the molecule is CN(CC(=O)N(CCC#N)CCC#N)Cc1cn(-c2ccccc2)nc1-c1ccc(Cl)cc1. The van der Waals surface area contributed by atoms with Crippen LogP contribution in [0.1, 0.15) is 18.4 Å². The Morgan fingerprint density at radius 3 is 2.27 bits per heavy atom. The fourth-order valence-electron chi connectivity index (χ4n) is 3.50. The van der Waals surface area contributed by atoms with Gasteiger partial charge in [0.15, 0.2) is 0 Å². The third-order valence-corrected chi connectivity index (χ3v) is 5.37. The monoisotopic (exact) mass is 460 g/mol. The molecule has 1 heterocycles. The first-order valence-corrected chi connectivity index (χ1v) is 11.0. The van der Waals surface area contributed by atoms with Crippen LogP contribution in [0, 0.1) is 22.7 Å². The number of nitrogens with zero attached hydrogens (tertiary/aromatic N) is 6. The highest BCUT2D eigenvalue weighted by Crippen LogP contribution is 2.26. The van der Waals surface area contributed by atoms with Crippen molar-refractivity contribution in [2.45, 2.75) is 19.4 Å². The number of hydrogen-bond acceptors (Lipinski definition) is 5. The molecule has 168 valence electrons. The zero-order chi connectivity index (χ0) is 23.6. The van der Waals surface area contributed by atoms with Gasteiger partial charge in [0, 0.05) is 42.0 Å². The highest BCUT2D eigenvalue weighted by molar-refractivity contribution is 6.30. The van der Waals surface area contributed by atoms with E-state index in [1.807, 2.05) is 77.4 Å². The fourth-order valence-corrected chi connectivity index (χ4v) is 3.62. The minimum absolute atomic E-state index is 0.105. The van der Waals surface area contributed by atoms with Crippen LogP contribution in [0.3, 0.4) is 0 Å². The summed E-state index contributed by atoms with van der Waals surface area (Å²) in [5.41, 5.74) is 3.67. The lowest BCUT2D eigenvalue weighted by atomic mass is 10.1. The average molecular weight is 461 g/mol. The molecule has 3 aromatic rings. The van der Waals surface area contributed by atoms with Gasteiger partial charge in [0.25, 0.3) is 0 Å². The Morgan fingerprint density at radius 1 is 1.03 bits per heavy atom. The first-order chi connectivity index (χ1) is 16.0. The van der Waals surface area contributed by atoms with Crippen LogP contribution in [0.4, 0.5) is 0 Å². The maximum absolute atomic E-state index is 12.8. The lowest BCUT2D eigenvalue weighted by Crippen LogP contribution is -2.39. The largest absolute Gasteiger partial charge is 0.340 e. The fraction of sp³-hybridized carbons (Fsp3) is 0.280. The number of carbonyl (C=O) groups excluding carboxylic acids is 1. The van der Waals surface area contributed by atoms with Gasteiger partial charge in [-0.05, 0) is 31.3 Å². The smallest absolute Gasteiger partial charge is 0.236 e. The van der Waals surface area contributed by atoms with Gasteiger partial charge in [-0.3, -0.25) is 9.69 Å². The quantitative estimate of drug-likeness (QED) is 0.450. The van der Waals surface area contributed by atoms with E-state index in [0.29, 0.717) is 24.7 Å². The Labute approximate surface area is 199 Å². The molecule has 2 aromatic carbocycles. The van der Waals surface area contributed by atoms with Gasteiger partial charge in [0.2, 0.25) is 5.91 Å². The van der Waals surface area contributed by atoms with Crippen molar-refractivity contribution in [1.29, 1.82) is 10.5 Å². The summed E-state index contributed by atoms with van der Waals surface area (Å²) in [4.78, 5) is 16.3. The molecule has 0 atom stereocenters. The number of halogens is 1. The summed E-state index contributed by atoms with van der Waals surface area (Å²) in [5, 5.41) is 23.2. The second-order valence-corrected chi connectivity index (χ2v) is 8.10. The molecule has 1 aromatic heterocycles. The Kier molecular flexibility index (Phi) is 8.60. The van der Waals surface area contributed by atoms with E-state index in [9.17, 15) is 4.79 Å². The Morgan fingerprint density at radius 2 is 1.67 bits per heavy atom. The molecule has 1 amide bonds. The average Bonchev–Trinajstić information content (AvgIpc) is 3.23. The molecule has 3 rings (SSSR count). The molecular formula is C25H25ClN6O. The van der Waals surface area contributed by atoms with Gasteiger partial charge >= 0.3 is 0 Å². The normalized spacial score (nSPS) is 10.6. The van der Waals surface area contributed by atoms with Crippen LogP contribution in [0.2, 0.25) is 5.02 Å². The molecule has 0 N–H and O–H groups in total. The van der Waals surface area contributed by atoms with Crippen molar-refractivity contribution in [3.05, 3.63) is 71.4 Å². The number of hydrogen-bond donors (Lipinski definition) is 0. The molecule has 8 heteroatoms. The summed E-state index contributed by atoms with van der Waals surface area (Å²) in [6, 6.07) is 21.5. The Hall–Kier alpha value is -3.65. The molecule has 0 aliphatic carbocycles. The van der Waals surface area contributed by atoms with Gasteiger partial charge in [-0.15, -0.1) is 0 Å². The molecule has 0 aliphatic rings. The molecule has 0 bridgehead atoms. The molecule has 0 fully saturated rings. The highest BCUT2D eigenvalue weighted by atomic mass is 35.5. The van der Waals surface area contributed by atoms with E-state index in [1.165, 1.54) is 0 Å². The predicted molar refractivity (Wildman–Crippen MR) is 127 cm³/mol. The van der Waals surface area contributed by atoms with E-state index in [1.54, 1.807) is 4.90 Å². The number of para-hydroxylation sites is 1. The summed E-state index contributed by atoms with van der Waals surface area (Å²) in [6.07, 6.45) is 2.46. The first kappa shape index (κ1) is 24.0. The van der Waals surface area contributed by atoms with E-state index in [4.69, 9.17) is 27.2 Å². The maximum atomic E-state index is 12.8. The van der Waals surface area contributed by atoms with Crippen molar-refractivity contribution in [2.24, 2.45) is 0 Å². The van der Waals surface area contributed by atoms with Crippen LogP contribution in [0.15, 0.2) is 60.8 Å². The van der Waals surface area contributed by atoms with Crippen LogP contribution in [-0.4, -0.2) is 52.2 Å². The molecule has 0 unspecified atom stereocenters. The van der Waals surface area contributed by atoms with Gasteiger partial charge in [-0.25, -0.2) is 4.68 Å². The molecule has 33 heavy (non-hydrogen) atoms. The molecule has 0 saturated heterocycles. The van der Waals surface area contributed by atoms with Crippen LogP contribution >= 0.6 is 11.6 Å². The first-order valence-electron chi connectivity index (χ1n) is 10.6. The summed E-state index contributed by atoms with van der Waals surface area (Å²) in [7, 11) is 1.87. The third kappa shape index (κ3) is 6.66.